The lowest BCUT2D eigenvalue weighted by Crippen LogP contribution is -2.17. The molecule has 0 radical (unpaired) electrons. The van der Waals surface area contributed by atoms with Gasteiger partial charge in [-0.05, 0) is 18.1 Å². The number of Topliss-reactive ketones (excluding diaryl/α,β-unsaturated/α-hetero) is 1. The Labute approximate surface area is 138 Å². The van der Waals surface area contributed by atoms with Crippen LogP contribution in [0.2, 0.25) is 0 Å². The van der Waals surface area contributed by atoms with Crippen molar-refractivity contribution in [2.24, 2.45) is 5.10 Å². The molecule has 0 unspecified atom stereocenters. The molecule has 9 heteroatoms. The van der Waals surface area contributed by atoms with E-state index in [1.165, 1.54) is 12.1 Å². The number of H-pyrrole nitrogens is 1. The van der Waals surface area contributed by atoms with Crippen molar-refractivity contribution in [3.05, 3.63) is 46.9 Å². The van der Waals surface area contributed by atoms with E-state index in [1.807, 2.05) is 13.8 Å². The number of anilines is 1. The number of hydrogen-bond donors (Lipinski definition) is 2. The van der Waals surface area contributed by atoms with Crippen LogP contribution in [-0.4, -0.2) is 29.4 Å². The van der Waals surface area contributed by atoms with Crippen LogP contribution in [0.3, 0.4) is 0 Å². The van der Waals surface area contributed by atoms with E-state index in [1.54, 1.807) is 12.1 Å². The fourth-order valence-electron chi connectivity index (χ4n) is 2.39. The minimum Gasteiger partial charge on any atom is -0.292 e. The van der Waals surface area contributed by atoms with Crippen LogP contribution in [0.1, 0.15) is 35.8 Å². The van der Waals surface area contributed by atoms with Crippen molar-refractivity contribution < 1.29 is 13.2 Å². The molecule has 24 heavy (non-hydrogen) atoms. The Morgan fingerprint density at radius 2 is 2.04 bits per heavy atom. The number of nitrogens with zero attached hydrogens (tertiary/aromatic N) is 3. The lowest BCUT2D eigenvalue weighted by atomic mass is 10.1. The molecule has 2 heterocycles. The van der Waals surface area contributed by atoms with Crippen LogP contribution in [-0.2, 0) is 9.84 Å². The number of nitrogens with one attached hydrogen (secondary N) is 2. The maximum atomic E-state index is 12.4. The van der Waals surface area contributed by atoms with Crippen molar-refractivity contribution in [3.63, 3.8) is 0 Å². The van der Waals surface area contributed by atoms with Gasteiger partial charge in [-0.15, -0.1) is 0 Å². The number of hydrogen-bond acceptors (Lipinski definition) is 6. The third-order valence-corrected chi connectivity index (χ3v) is 5.31. The monoisotopic (exact) mass is 343 g/mol. The van der Waals surface area contributed by atoms with Crippen molar-refractivity contribution in [2.75, 3.05) is 5.43 Å². The first-order valence-electron chi connectivity index (χ1n) is 7.06. The van der Waals surface area contributed by atoms with Crippen LogP contribution in [0, 0.1) is 6.57 Å². The van der Waals surface area contributed by atoms with Gasteiger partial charge in [0.2, 0.25) is 20.7 Å². The maximum absolute atomic E-state index is 12.4. The highest BCUT2D eigenvalue weighted by molar-refractivity contribution is 8.09. The average Bonchev–Trinajstić information content (AvgIpc) is 3.04. The number of aromatic amines is 1. The SMILES string of the molecule is [C-]#[N+]c1c(NN=C2C(=O)c3ccccc3S2(=O)=O)n[nH]c1C(C)C. The van der Waals surface area contributed by atoms with Gasteiger partial charge in [0.1, 0.15) is 0 Å². The number of benzene rings is 1. The van der Waals surface area contributed by atoms with E-state index in [-0.39, 0.29) is 27.9 Å². The molecule has 1 aromatic heterocycles. The number of fused-ring (bicyclic) bond motifs is 1. The molecule has 0 saturated heterocycles. The second kappa shape index (κ2) is 5.58. The van der Waals surface area contributed by atoms with E-state index in [2.05, 4.69) is 25.6 Å². The molecule has 0 spiro atoms. The molecule has 2 aromatic rings. The summed E-state index contributed by atoms with van der Waals surface area (Å²) in [6.45, 7) is 11.0. The van der Waals surface area contributed by atoms with Gasteiger partial charge < -0.3 is 0 Å². The average molecular weight is 343 g/mol. The van der Waals surface area contributed by atoms with Gasteiger partial charge in [0, 0.05) is 11.3 Å². The molecular weight excluding hydrogens is 330 g/mol. The normalized spacial score (nSPS) is 17.1. The molecule has 122 valence electrons. The summed E-state index contributed by atoms with van der Waals surface area (Å²) >= 11 is 0. The first kappa shape index (κ1) is 15.9. The molecule has 0 saturated carbocycles. The summed E-state index contributed by atoms with van der Waals surface area (Å²) in [4.78, 5) is 15.6. The molecule has 2 N–H and O–H groups in total. The fraction of sp³-hybridized carbons (Fsp3) is 0.200. The third kappa shape index (κ3) is 2.28. The Hall–Kier alpha value is -2.99. The highest BCUT2D eigenvalue weighted by atomic mass is 32.2. The number of aromatic nitrogens is 2. The van der Waals surface area contributed by atoms with Gasteiger partial charge in [-0.25, -0.2) is 13.3 Å². The number of hydrazone groups is 1. The van der Waals surface area contributed by atoms with Crippen molar-refractivity contribution in [2.45, 2.75) is 24.7 Å². The quantitative estimate of drug-likeness (QED) is 0.657. The van der Waals surface area contributed by atoms with Crippen LogP contribution in [0.5, 0.6) is 0 Å². The highest BCUT2D eigenvalue weighted by Crippen LogP contribution is 2.32. The largest absolute Gasteiger partial charge is 0.292 e. The fourth-order valence-corrected chi connectivity index (χ4v) is 3.82. The lowest BCUT2D eigenvalue weighted by Gasteiger charge is -2.01. The molecule has 0 aliphatic carbocycles. The third-order valence-electron chi connectivity index (χ3n) is 3.59. The van der Waals surface area contributed by atoms with Gasteiger partial charge >= 0.3 is 0 Å². The van der Waals surface area contributed by atoms with Gasteiger partial charge in [-0.2, -0.15) is 10.2 Å². The van der Waals surface area contributed by atoms with Crippen LogP contribution in [0.15, 0.2) is 34.3 Å². The topological polar surface area (TPSA) is 109 Å². The maximum Gasteiger partial charge on any atom is 0.252 e. The second-order valence-electron chi connectivity index (χ2n) is 5.46. The van der Waals surface area contributed by atoms with E-state index in [0.29, 0.717) is 5.69 Å². The van der Waals surface area contributed by atoms with Crippen LogP contribution < -0.4 is 5.43 Å². The first-order chi connectivity index (χ1) is 11.4. The number of ketones is 1. The smallest absolute Gasteiger partial charge is 0.252 e. The van der Waals surface area contributed by atoms with Crippen LogP contribution in [0.4, 0.5) is 11.5 Å². The lowest BCUT2D eigenvalue weighted by molar-refractivity contribution is 0.106. The summed E-state index contributed by atoms with van der Waals surface area (Å²) in [6.07, 6.45) is 0. The van der Waals surface area contributed by atoms with E-state index in [9.17, 15) is 13.2 Å². The summed E-state index contributed by atoms with van der Waals surface area (Å²) < 4.78 is 24.8. The first-order valence-corrected chi connectivity index (χ1v) is 8.54. The minimum atomic E-state index is -3.97. The van der Waals surface area contributed by atoms with Gasteiger partial charge in [-0.1, -0.05) is 26.0 Å². The Bertz CT molecular complexity index is 1010. The molecule has 0 amide bonds. The van der Waals surface area contributed by atoms with Gasteiger partial charge in [0.05, 0.1) is 11.5 Å². The van der Waals surface area contributed by atoms with E-state index in [4.69, 9.17) is 6.57 Å². The summed E-state index contributed by atoms with van der Waals surface area (Å²) in [5.74, 6) is -0.562. The standard InChI is InChI=1S/C15H13N5O3S/c1-8(2)11-12(16-3)14(18-17-11)19-20-15-13(21)9-6-4-5-7-10(9)24(15,22)23/h4-8H,1-2H3,(H2,17,18,19). The molecular formula is C15H13N5O3S. The zero-order valence-corrected chi connectivity index (χ0v) is 13.7. The molecule has 8 nitrogen and oxygen atoms in total. The summed E-state index contributed by atoms with van der Waals surface area (Å²) in [7, 11) is -3.97. The Kier molecular flexibility index (Phi) is 3.69. The predicted molar refractivity (Wildman–Crippen MR) is 88.0 cm³/mol. The number of carbonyl (C=O) groups is 1. The van der Waals surface area contributed by atoms with Crippen molar-refractivity contribution in [1.82, 2.24) is 10.2 Å². The zero-order chi connectivity index (χ0) is 17.5. The molecule has 1 aliphatic heterocycles. The summed E-state index contributed by atoms with van der Waals surface area (Å²) in [5.41, 5.74) is 3.35. The highest BCUT2D eigenvalue weighted by Gasteiger charge is 2.41. The van der Waals surface area contributed by atoms with Gasteiger partial charge in [0.25, 0.3) is 5.69 Å². The van der Waals surface area contributed by atoms with Crippen molar-refractivity contribution in [3.8, 4) is 0 Å². The Morgan fingerprint density at radius 1 is 1.33 bits per heavy atom. The van der Waals surface area contributed by atoms with Crippen LogP contribution >= 0.6 is 0 Å². The molecule has 3 rings (SSSR count). The number of carbonyl (C=O) groups excluding carboxylic acids is 1. The Balaban J connectivity index is 2.01. The molecule has 0 atom stereocenters. The van der Waals surface area contributed by atoms with E-state index >= 15 is 0 Å². The molecule has 0 bridgehead atoms. The minimum absolute atomic E-state index is 0.0332. The summed E-state index contributed by atoms with van der Waals surface area (Å²) in [6, 6.07) is 5.93. The van der Waals surface area contributed by atoms with Crippen molar-refractivity contribution in [1.29, 1.82) is 0 Å². The van der Waals surface area contributed by atoms with Gasteiger partial charge in [-0.3, -0.25) is 15.3 Å². The van der Waals surface area contributed by atoms with Crippen molar-refractivity contribution >= 4 is 32.2 Å². The summed E-state index contributed by atoms with van der Waals surface area (Å²) in [5, 5.41) is 9.77. The number of rotatable bonds is 3. The number of sulfone groups is 1. The van der Waals surface area contributed by atoms with E-state index in [0.717, 1.165) is 0 Å². The Morgan fingerprint density at radius 3 is 2.67 bits per heavy atom. The predicted octanol–water partition coefficient (Wildman–Crippen LogP) is 2.48. The molecule has 1 aromatic carbocycles. The van der Waals surface area contributed by atoms with E-state index < -0.39 is 20.7 Å². The van der Waals surface area contributed by atoms with Gasteiger partial charge in [0.15, 0.2) is 5.82 Å². The molecule has 0 fully saturated rings. The second-order valence-corrected chi connectivity index (χ2v) is 7.29. The molecule has 1 aliphatic rings. The zero-order valence-electron chi connectivity index (χ0n) is 12.9. The van der Waals surface area contributed by atoms with Crippen LogP contribution in [0.25, 0.3) is 4.85 Å².